The van der Waals surface area contributed by atoms with Crippen LogP contribution in [0.4, 0.5) is 0 Å². The smallest absolute Gasteiger partial charge is 0.276 e. The molecule has 7 heteroatoms. The first-order valence-electron chi connectivity index (χ1n) is 7.60. The van der Waals surface area contributed by atoms with Crippen molar-refractivity contribution in [1.82, 2.24) is 15.1 Å². The van der Waals surface area contributed by atoms with Crippen molar-refractivity contribution in [1.29, 1.82) is 0 Å². The topological polar surface area (TPSA) is 60.6 Å². The molecule has 1 saturated heterocycles. The summed E-state index contributed by atoms with van der Waals surface area (Å²) in [5.74, 6) is 2.79. The molecule has 23 heavy (non-hydrogen) atoms. The van der Waals surface area contributed by atoms with Crippen molar-refractivity contribution < 1.29 is 13.9 Å². The molecule has 0 bridgehead atoms. The number of ether oxygens (including phenoxy) is 2. The Labute approximate surface area is 140 Å². The number of hydrogen-bond acceptors (Lipinski definition) is 7. The second kappa shape index (κ2) is 7.23. The molecule has 0 unspecified atom stereocenters. The summed E-state index contributed by atoms with van der Waals surface area (Å²) in [4.78, 5) is 2.39. The predicted octanol–water partition coefficient (Wildman–Crippen LogP) is 2.94. The molecule has 1 fully saturated rings. The fourth-order valence-corrected chi connectivity index (χ4v) is 3.70. The van der Waals surface area contributed by atoms with Gasteiger partial charge in [0.05, 0.1) is 14.2 Å². The van der Waals surface area contributed by atoms with Gasteiger partial charge in [0, 0.05) is 17.4 Å². The highest BCUT2D eigenvalue weighted by Crippen LogP contribution is 2.33. The Morgan fingerprint density at radius 1 is 1.26 bits per heavy atom. The van der Waals surface area contributed by atoms with E-state index in [0.29, 0.717) is 28.7 Å². The minimum atomic E-state index is 0.494. The minimum Gasteiger partial charge on any atom is -0.493 e. The molecule has 1 aliphatic rings. The second-order valence-corrected chi connectivity index (χ2v) is 6.50. The molecule has 1 aromatic carbocycles. The standard InChI is InChI=1S/C16H21N3O3S/c1-19-8-4-5-12(19)10-23-16-18-17-15(22-16)11-6-7-13(20-2)14(9-11)21-3/h6-7,9,12H,4-5,8,10H2,1-3H3/t12-/m0/s1. The largest absolute Gasteiger partial charge is 0.493 e. The first-order chi connectivity index (χ1) is 11.2. The third kappa shape index (κ3) is 3.61. The van der Waals surface area contributed by atoms with Crippen LogP contribution in [0.3, 0.4) is 0 Å². The summed E-state index contributed by atoms with van der Waals surface area (Å²) in [5, 5.41) is 8.87. The highest BCUT2D eigenvalue weighted by Gasteiger charge is 2.22. The molecule has 1 aliphatic heterocycles. The summed E-state index contributed by atoms with van der Waals surface area (Å²) in [6.45, 7) is 1.17. The van der Waals surface area contributed by atoms with E-state index in [1.165, 1.54) is 19.4 Å². The molecule has 6 nitrogen and oxygen atoms in total. The number of benzene rings is 1. The van der Waals surface area contributed by atoms with E-state index in [0.717, 1.165) is 11.3 Å². The zero-order valence-electron chi connectivity index (χ0n) is 13.6. The van der Waals surface area contributed by atoms with Crippen LogP contribution in [0.25, 0.3) is 11.5 Å². The van der Waals surface area contributed by atoms with Crippen LogP contribution in [-0.4, -0.2) is 54.7 Å². The average Bonchev–Trinajstić information content (AvgIpc) is 3.21. The van der Waals surface area contributed by atoms with Crippen LogP contribution in [0.15, 0.2) is 27.8 Å². The number of aromatic nitrogens is 2. The van der Waals surface area contributed by atoms with Crippen molar-refractivity contribution in [3.8, 4) is 23.0 Å². The summed E-state index contributed by atoms with van der Waals surface area (Å²) in [6, 6.07) is 6.15. The molecular formula is C16H21N3O3S. The predicted molar refractivity (Wildman–Crippen MR) is 89.2 cm³/mol. The summed E-state index contributed by atoms with van der Waals surface area (Å²) >= 11 is 1.62. The summed E-state index contributed by atoms with van der Waals surface area (Å²) in [7, 11) is 5.38. The molecule has 0 saturated carbocycles. The van der Waals surface area contributed by atoms with Gasteiger partial charge in [-0.25, -0.2) is 0 Å². The lowest BCUT2D eigenvalue weighted by Gasteiger charge is -2.17. The molecule has 124 valence electrons. The Kier molecular flexibility index (Phi) is 5.07. The van der Waals surface area contributed by atoms with Crippen molar-refractivity contribution >= 4 is 11.8 Å². The maximum atomic E-state index is 5.76. The Bertz CT molecular complexity index is 662. The van der Waals surface area contributed by atoms with Crippen molar-refractivity contribution in [3.05, 3.63) is 18.2 Å². The fourth-order valence-electron chi connectivity index (χ4n) is 2.71. The van der Waals surface area contributed by atoms with Gasteiger partial charge in [-0.1, -0.05) is 11.8 Å². The van der Waals surface area contributed by atoms with Crippen molar-refractivity contribution in [2.75, 3.05) is 33.6 Å². The normalized spacial score (nSPS) is 18.3. The van der Waals surface area contributed by atoms with Gasteiger partial charge in [-0.2, -0.15) is 0 Å². The van der Waals surface area contributed by atoms with Gasteiger partial charge in [0.2, 0.25) is 5.89 Å². The Balaban J connectivity index is 1.69. The molecule has 0 aliphatic carbocycles. The molecule has 0 spiro atoms. The van der Waals surface area contributed by atoms with Crippen molar-refractivity contribution in [3.63, 3.8) is 0 Å². The lowest BCUT2D eigenvalue weighted by atomic mass is 10.2. The van der Waals surface area contributed by atoms with E-state index in [1.54, 1.807) is 26.0 Å². The first-order valence-corrected chi connectivity index (χ1v) is 8.58. The quantitative estimate of drug-likeness (QED) is 0.752. The van der Waals surface area contributed by atoms with E-state index in [9.17, 15) is 0 Å². The van der Waals surface area contributed by atoms with Crippen LogP contribution in [-0.2, 0) is 0 Å². The molecule has 1 aromatic heterocycles. The van der Waals surface area contributed by atoms with Crippen LogP contribution in [0.2, 0.25) is 0 Å². The number of thioether (sulfide) groups is 1. The van der Waals surface area contributed by atoms with Gasteiger partial charge in [-0.15, -0.1) is 10.2 Å². The van der Waals surface area contributed by atoms with Gasteiger partial charge < -0.3 is 18.8 Å². The highest BCUT2D eigenvalue weighted by molar-refractivity contribution is 7.99. The third-order valence-electron chi connectivity index (χ3n) is 4.11. The fraction of sp³-hybridized carbons (Fsp3) is 0.500. The molecule has 0 N–H and O–H groups in total. The maximum Gasteiger partial charge on any atom is 0.276 e. The van der Waals surface area contributed by atoms with Crippen LogP contribution >= 0.6 is 11.8 Å². The first kappa shape index (κ1) is 16.1. The van der Waals surface area contributed by atoms with Crippen LogP contribution in [0.5, 0.6) is 11.5 Å². The van der Waals surface area contributed by atoms with E-state index in [-0.39, 0.29) is 0 Å². The molecule has 0 amide bonds. The van der Waals surface area contributed by atoms with Crippen LogP contribution < -0.4 is 9.47 Å². The summed E-state index contributed by atoms with van der Waals surface area (Å²) < 4.78 is 16.3. The number of rotatable bonds is 6. The molecule has 2 heterocycles. The zero-order valence-corrected chi connectivity index (χ0v) is 14.4. The van der Waals surface area contributed by atoms with E-state index in [2.05, 4.69) is 22.1 Å². The third-order valence-corrected chi connectivity index (χ3v) is 5.07. The summed E-state index contributed by atoms with van der Waals surface area (Å²) in [6.07, 6.45) is 2.50. The van der Waals surface area contributed by atoms with Crippen LogP contribution in [0, 0.1) is 0 Å². The molecule has 0 radical (unpaired) electrons. The van der Waals surface area contributed by atoms with E-state index in [1.807, 2.05) is 18.2 Å². The van der Waals surface area contributed by atoms with Gasteiger partial charge in [-0.3, -0.25) is 0 Å². The summed E-state index contributed by atoms with van der Waals surface area (Å²) in [5.41, 5.74) is 0.819. The van der Waals surface area contributed by atoms with E-state index < -0.39 is 0 Å². The number of likely N-dealkylation sites (tertiary alicyclic amines) is 1. The lowest BCUT2D eigenvalue weighted by Crippen LogP contribution is -2.26. The highest BCUT2D eigenvalue weighted by atomic mass is 32.2. The Morgan fingerprint density at radius 3 is 2.78 bits per heavy atom. The van der Waals surface area contributed by atoms with Crippen LogP contribution in [0.1, 0.15) is 12.8 Å². The van der Waals surface area contributed by atoms with E-state index >= 15 is 0 Å². The second-order valence-electron chi connectivity index (χ2n) is 5.53. The van der Waals surface area contributed by atoms with Gasteiger partial charge in [0.15, 0.2) is 11.5 Å². The number of hydrogen-bond donors (Lipinski definition) is 0. The SMILES string of the molecule is COc1ccc(-c2nnc(SC[C@@H]3CCCN3C)o2)cc1OC. The van der Waals surface area contributed by atoms with Gasteiger partial charge in [0.1, 0.15) is 0 Å². The van der Waals surface area contributed by atoms with Gasteiger partial charge >= 0.3 is 0 Å². The Morgan fingerprint density at radius 2 is 2.09 bits per heavy atom. The van der Waals surface area contributed by atoms with E-state index in [4.69, 9.17) is 13.9 Å². The number of methoxy groups -OCH3 is 2. The van der Waals surface area contributed by atoms with Crippen molar-refractivity contribution in [2.45, 2.75) is 24.1 Å². The monoisotopic (exact) mass is 335 g/mol. The van der Waals surface area contributed by atoms with Crippen molar-refractivity contribution in [2.24, 2.45) is 0 Å². The molecule has 1 atom stereocenters. The molecular weight excluding hydrogens is 314 g/mol. The lowest BCUT2D eigenvalue weighted by molar-refractivity contribution is 0.334. The van der Waals surface area contributed by atoms with Gasteiger partial charge in [-0.05, 0) is 44.6 Å². The Hall–Kier alpha value is -1.73. The maximum absolute atomic E-state index is 5.76. The number of nitrogens with zero attached hydrogens (tertiary/aromatic N) is 3. The average molecular weight is 335 g/mol. The minimum absolute atomic E-state index is 0.494. The van der Waals surface area contributed by atoms with Gasteiger partial charge in [0.25, 0.3) is 5.22 Å². The molecule has 3 rings (SSSR count). The molecule has 2 aromatic rings. The zero-order chi connectivity index (χ0) is 16.2.